The first-order valence-corrected chi connectivity index (χ1v) is 10.1. The number of rotatable bonds is 5. The van der Waals surface area contributed by atoms with Crippen LogP contribution >= 0.6 is 0 Å². The SMILES string of the molecule is O=C(O)C1=C(Nc2ccc(N3CCOCC3)cc2)O/C(=C\c2c[nH]c3ncccc23)C1=O. The Morgan fingerprint density at radius 1 is 1.19 bits per heavy atom. The number of hydrogen-bond donors (Lipinski definition) is 3. The number of H-pyrrole nitrogens is 1. The lowest BCUT2D eigenvalue weighted by atomic mass is 10.1. The Kier molecular flexibility index (Phi) is 5.08. The number of carboxylic acids is 1. The molecule has 4 heterocycles. The molecule has 0 spiro atoms. The van der Waals surface area contributed by atoms with E-state index in [1.807, 2.05) is 30.3 Å². The smallest absolute Gasteiger partial charge is 0.345 e. The number of fused-ring (bicyclic) bond motifs is 1. The van der Waals surface area contributed by atoms with Crippen LogP contribution in [0.3, 0.4) is 0 Å². The Balaban J connectivity index is 1.39. The zero-order valence-corrected chi connectivity index (χ0v) is 17.0. The second-order valence-electron chi connectivity index (χ2n) is 7.36. The van der Waals surface area contributed by atoms with Crippen molar-refractivity contribution in [3.63, 3.8) is 0 Å². The van der Waals surface area contributed by atoms with Gasteiger partial charge >= 0.3 is 5.97 Å². The average Bonchev–Trinajstić information content (AvgIpc) is 3.36. The number of pyridine rings is 1. The van der Waals surface area contributed by atoms with Gasteiger partial charge in [0.05, 0.1) is 13.2 Å². The fourth-order valence-electron chi connectivity index (χ4n) is 3.76. The zero-order valence-electron chi connectivity index (χ0n) is 17.0. The highest BCUT2D eigenvalue weighted by molar-refractivity contribution is 6.26. The lowest BCUT2D eigenvalue weighted by Gasteiger charge is -2.28. The molecule has 9 nitrogen and oxygen atoms in total. The number of aromatic amines is 1. The zero-order chi connectivity index (χ0) is 22.1. The van der Waals surface area contributed by atoms with E-state index in [0.29, 0.717) is 30.1 Å². The number of hydrogen-bond acceptors (Lipinski definition) is 7. The second-order valence-corrected chi connectivity index (χ2v) is 7.36. The maximum Gasteiger partial charge on any atom is 0.345 e. The Bertz CT molecular complexity index is 1250. The van der Waals surface area contributed by atoms with Crippen LogP contribution in [0, 0.1) is 0 Å². The van der Waals surface area contributed by atoms with E-state index in [0.717, 1.165) is 24.2 Å². The van der Waals surface area contributed by atoms with Crippen molar-refractivity contribution >= 4 is 40.2 Å². The van der Waals surface area contributed by atoms with E-state index in [1.165, 1.54) is 6.08 Å². The standard InChI is InChI=1S/C23H20N4O5/c28-20-18(12-14-13-25-21-17(14)2-1-7-24-21)32-22(19(20)23(29)30)26-15-3-5-16(6-4-15)27-8-10-31-11-9-27/h1-7,12-13,26H,8-11H2,(H,24,25)(H,29,30)/b18-12-. The number of nitrogens with one attached hydrogen (secondary N) is 2. The van der Waals surface area contributed by atoms with Crippen LogP contribution in [-0.4, -0.2) is 53.1 Å². The van der Waals surface area contributed by atoms with E-state index in [9.17, 15) is 14.7 Å². The minimum Gasteiger partial charge on any atom is -0.477 e. The van der Waals surface area contributed by atoms with Gasteiger partial charge in [-0.3, -0.25) is 4.79 Å². The molecular formula is C23H20N4O5. The van der Waals surface area contributed by atoms with Gasteiger partial charge in [0.25, 0.3) is 0 Å². The lowest BCUT2D eigenvalue weighted by Crippen LogP contribution is -2.36. The number of aliphatic carboxylic acids is 1. The van der Waals surface area contributed by atoms with Gasteiger partial charge in [-0.05, 0) is 42.5 Å². The van der Waals surface area contributed by atoms with Crippen LogP contribution in [0.5, 0.6) is 0 Å². The molecule has 1 aromatic carbocycles. The van der Waals surface area contributed by atoms with E-state index in [4.69, 9.17) is 9.47 Å². The molecule has 0 saturated carbocycles. The number of carbonyl (C=O) groups excluding carboxylic acids is 1. The third-order valence-corrected chi connectivity index (χ3v) is 5.37. The highest BCUT2D eigenvalue weighted by atomic mass is 16.5. The first-order chi connectivity index (χ1) is 15.6. The first kappa shape index (κ1) is 19.8. The molecule has 32 heavy (non-hydrogen) atoms. The van der Waals surface area contributed by atoms with Gasteiger partial charge in [-0.1, -0.05) is 0 Å². The van der Waals surface area contributed by atoms with Crippen molar-refractivity contribution in [3.05, 3.63) is 71.6 Å². The minimum atomic E-state index is -1.36. The fourth-order valence-corrected chi connectivity index (χ4v) is 3.76. The Morgan fingerprint density at radius 2 is 1.97 bits per heavy atom. The van der Waals surface area contributed by atoms with Crippen molar-refractivity contribution < 1.29 is 24.2 Å². The molecule has 0 bridgehead atoms. The Morgan fingerprint density at radius 3 is 2.72 bits per heavy atom. The lowest BCUT2D eigenvalue weighted by molar-refractivity contribution is -0.134. The van der Waals surface area contributed by atoms with Crippen LogP contribution in [0.4, 0.5) is 11.4 Å². The van der Waals surface area contributed by atoms with Gasteiger partial charge in [-0.2, -0.15) is 0 Å². The molecule has 1 fully saturated rings. The molecule has 9 heteroatoms. The molecule has 0 aliphatic carbocycles. The number of anilines is 2. The van der Waals surface area contributed by atoms with Crippen molar-refractivity contribution in [1.82, 2.24) is 9.97 Å². The number of ether oxygens (including phenoxy) is 2. The van der Waals surface area contributed by atoms with E-state index in [-0.39, 0.29) is 11.6 Å². The fraction of sp³-hybridized carbons (Fsp3) is 0.174. The number of carbonyl (C=O) groups is 2. The van der Waals surface area contributed by atoms with Crippen LogP contribution in [0.1, 0.15) is 5.56 Å². The molecule has 5 rings (SSSR count). The normalized spacial score (nSPS) is 17.8. The molecule has 3 N–H and O–H groups in total. The number of Topliss-reactive ketones (excluding diaryl/α,β-unsaturated/α-hetero) is 1. The topological polar surface area (TPSA) is 117 Å². The number of allylic oxidation sites excluding steroid dienone is 1. The van der Waals surface area contributed by atoms with Crippen LogP contribution in [0.15, 0.2) is 66.0 Å². The summed E-state index contributed by atoms with van der Waals surface area (Å²) in [6.07, 6.45) is 4.86. The van der Waals surface area contributed by atoms with E-state index in [1.54, 1.807) is 18.5 Å². The largest absolute Gasteiger partial charge is 0.477 e. The van der Waals surface area contributed by atoms with Gasteiger partial charge in [-0.25, -0.2) is 9.78 Å². The molecule has 3 aromatic rings. The van der Waals surface area contributed by atoms with Crippen LogP contribution in [0.2, 0.25) is 0 Å². The summed E-state index contributed by atoms with van der Waals surface area (Å²) in [5.74, 6) is -2.22. The summed E-state index contributed by atoms with van der Waals surface area (Å²) < 4.78 is 11.0. The summed E-state index contributed by atoms with van der Waals surface area (Å²) in [4.78, 5) is 34.0. The molecule has 0 amide bonds. The number of aromatic nitrogens is 2. The minimum absolute atomic E-state index is 0.0698. The number of ketones is 1. The highest BCUT2D eigenvalue weighted by Gasteiger charge is 2.36. The quantitative estimate of drug-likeness (QED) is 0.416. The maximum absolute atomic E-state index is 12.8. The van der Waals surface area contributed by atoms with Gasteiger partial charge < -0.3 is 29.8 Å². The van der Waals surface area contributed by atoms with Crippen LogP contribution < -0.4 is 10.2 Å². The molecule has 0 radical (unpaired) electrons. The number of morpholine rings is 1. The summed E-state index contributed by atoms with van der Waals surface area (Å²) in [5.41, 5.74) is 2.56. The van der Waals surface area contributed by atoms with Gasteiger partial charge in [0.1, 0.15) is 5.65 Å². The van der Waals surface area contributed by atoms with E-state index < -0.39 is 17.3 Å². The van der Waals surface area contributed by atoms with Crippen LogP contribution in [-0.2, 0) is 19.1 Å². The molecule has 2 aliphatic heterocycles. The van der Waals surface area contributed by atoms with Crippen molar-refractivity contribution in [2.75, 3.05) is 36.5 Å². The monoisotopic (exact) mass is 432 g/mol. The van der Waals surface area contributed by atoms with Crippen molar-refractivity contribution in [2.24, 2.45) is 0 Å². The number of nitrogens with zero attached hydrogens (tertiary/aromatic N) is 2. The summed E-state index contributed by atoms with van der Waals surface area (Å²) in [7, 11) is 0. The number of carboxylic acid groups (broad SMARTS) is 1. The Labute approximate surface area is 183 Å². The molecule has 162 valence electrons. The van der Waals surface area contributed by atoms with E-state index in [2.05, 4.69) is 20.2 Å². The highest BCUT2D eigenvalue weighted by Crippen LogP contribution is 2.30. The molecule has 1 saturated heterocycles. The summed E-state index contributed by atoms with van der Waals surface area (Å²) in [5, 5.41) is 13.3. The average molecular weight is 432 g/mol. The first-order valence-electron chi connectivity index (χ1n) is 10.1. The molecular weight excluding hydrogens is 412 g/mol. The van der Waals surface area contributed by atoms with Gasteiger partial charge in [0.15, 0.2) is 11.3 Å². The predicted molar refractivity (Wildman–Crippen MR) is 118 cm³/mol. The third kappa shape index (κ3) is 3.69. The maximum atomic E-state index is 12.8. The van der Waals surface area contributed by atoms with Crippen molar-refractivity contribution in [3.8, 4) is 0 Å². The number of benzene rings is 1. The summed E-state index contributed by atoms with van der Waals surface area (Å²) in [6, 6.07) is 11.1. The van der Waals surface area contributed by atoms with Crippen molar-refractivity contribution in [2.45, 2.75) is 0 Å². The second kappa shape index (κ2) is 8.20. The molecule has 0 atom stereocenters. The van der Waals surface area contributed by atoms with Crippen LogP contribution in [0.25, 0.3) is 17.1 Å². The Hall–Kier alpha value is -4.11. The van der Waals surface area contributed by atoms with Gasteiger partial charge in [0, 0.05) is 47.8 Å². The third-order valence-electron chi connectivity index (χ3n) is 5.37. The molecule has 2 aromatic heterocycles. The summed E-state index contributed by atoms with van der Waals surface area (Å²) in [6.45, 7) is 3.01. The molecule has 0 unspecified atom stereocenters. The van der Waals surface area contributed by atoms with Gasteiger partial charge in [0.2, 0.25) is 11.7 Å². The van der Waals surface area contributed by atoms with E-state index >= 15 is 0 Å². The molecule has 2 aliphatic rings. The van der Waals surface area contributed by atoms with Gasteiger partial charge in [-0.15, -0.1) is 0 Å². The summed E-state index contributed by atoms with van der Waals surface area (Å²) >= 11 is 0. The predicted octanol–water partition coefficient (Wildman–Crippen LogP) is 2.75. The van der Waals surface area contributed by atoms with Crippen molar-refractivity contribution in [1.29, 1.82) is 0 Å².